The van der Waals surface area contributed by atoms with Crippen LogP contribution in [-0.4, -0.2) is 37.6 Å². The number of rotatable bonds is 6. The molecule has 1 atom stereocenters. The maximum Gasteiger partial charge on any atom is 0.224 e. The number of thiazole rings is 1. The van der Waals surface area contributed by atoms with Crippen LogP contribution in [0, 0.1) is 5.92 Å². The highest BCUT2D eigenvalue weighted by Gasteiger charge is 2.27. The molecule has 0 radical (unpaired) electrons. The van der Waals surface area contributed by atoms with Gasteiger partial charge in [0.15, 0.2) is 5.13 Å². The molecule has 1 N–H and O–H groups in total. The number of piperidine rings is 1. The lowest BCUT2D eigenvalue weighted by atomic mass is 9.97. The second-order valence-electron chi connectivity index (χ2n) is 7.28. The van der Waals surface area contributed by atoms with Gasteiger partial charge in [-0.2, -0.15) is 0 Å². The van der Waals surface area contributed by atoms with Crippen LogP contribution in [0.15, 0.2) is 42.5 Å². The Kier molecular flexibility index (Phi) is 6.21. The van der Waals surface area contributed by atoms with Gasteiger partial charge in [-0.05, 0) is 55.2 Å². The van der Waals surface area contributed by atoms with E-state index in [-0.39, 0.29) is 11.8 Å². The van der Waals surface area contributed by atoms with Crippen LogP contribution < -0.4 is 15.0 Å². The van der Waals surface area contributed by atoms with E-state index in [0.717, 1.165) is 51.9 Å². The number of anilines is 1. The molecule has 1 amide bonds. The smallest absolute Gasteiger partial charge is 0.224 e. The quantitative estimate of drug-likeness (QED) is 0.625. The summed E-state index contributed by atoms with van der Waals surface area (Å²) in [4.78, 5) is 19.7. The molecule has 3 aromatic rings. The van der Waals surface area contributed by atoms with E-state index in [1.807, 2.05) is 42.5 Å². The molecule has 5 nitrogen and oxygen atoms in total. The van der Waals surface area contributed by atoms with Crippen LogP contribution in [0.1, 0.15) is 18.4 Å². The largest absolute Gasteiger partial charge is 0.497 e. The highest BCUT2D eigenvalue weighted by molar-refractivity contribution is 7.22. The lowest BCUT2D eigenvalue weighted by Crippen LogP contribution is -2.43. The Bertz CT molecular complexity index is 989. The predicted octanol–water partition coefficient (Wildman–Crippen LogP) is 4.53. The van der Waals surface area contributed by atoms with Crippen molar-refractivity contribution in [2.45, 2.75) is 19.3 Å². The van der Waals surface area contributed by atoms with Crippen LogP contribution in [0.5, 0.6) is 5.75 Å². The molecule has 1 aliphatic heterocycles. The van der Waals surface area contributed by atoms with Crippen molar-refractivity contribution in [1.29, 1.82) is 0 Å². The first-order chi connectivity index (χ1) is 14.1. The molecule has 7 heteroatoms. The van der Waals surface area contributed by atoms with Crippen LogP contribution in [0.4, 0.5) is 5.13 Å². The van der Waals surface area contributed by atoms with Gasteiger partial charge in [0, 0.05) is 24.7 Å². The van der Waals surface area contributed by atoms with Gasteiger partial charge in [-0.1, -0.05) is 35.1 Å². The molecule has 1 aliphatic rings. The molecule has 29 heavy (non-hydrogen) atoms. The molecule has 2 aromatic carbocycles. The van der Waals surface area contributed by atoms with Crippen molar-refractivity contribution in [3.05, 3.63) is 53.1 Å². The highest BCUT2D eigenvalue weighted by atomic mass is 35.5. The van der Waals surface area contributed by atoms with Gasteiger partial charge in [-0.3, -0.25) is 4.79 Å². The number of halogens is 1. The Balaban J connectivity index is 1.35. The van der Waals surface area contributed by atoms with Gasteiger partial charge in [-0.25, -0.2) is 4.98 Å². The number of nitrogens with one attached hydrogen (secondary N) is 1. The highest BCUT2D eigenvalue weighted by Crippen LogP contribution is 2.33. The van der Waals surface area contributed by atoms with Gasteiger partial charge >= 0.3 is 0 Å². The predicted molar refractivity (Wildman–Crippen MR) is 119 cm³/mol. The summed E-state index contributed by atoms with van der Waals surface area (Å²) >= 11 is 7.57. The van der Waals surface area contributed by atoms with Crippen LogP contribution in [0.3, 0.4) is 0 Å². The molecule has 152 valence electrons. The molecule has 0 aliphatic carbocycles. The minimum absolute atomic E-state index is 0.00415. The summed E-state index contributed by atoms with van der Waals surface area (Å²) in [6.07, 6.45) is 2.72. The average Bonchev–Trinajstić information content (AvgIpc) is 3.18. The molecule has 1 aromatic heterocycles. The SMILES string of the molecule is COc1ccc2nc(N3CCC[C@@H](C(=O)NCCc4ccc(Cl)cc4)C3)sc2c1. The van der Waals surface area contributed by atoms with E-state index in [2.05, 4.69) is 10.2 Å². The maximum atomic E-state index is 12.7. The maximum absolute atomic E-state index is 12.7. The fourth-order valence-corrected chi connectivity index (χ4v) is 4.80. The first-order valence-corrected chi connectivity index (χ1v) is 11.0. The molecule has 0 spiro atoms. The fraction of sp³-hybridized carbons (Fsp3) is 0.364. The standard InChI is InChI=1S/C22H24ClN3O2S/c1-28-18-8-9-19-20(13-18)29-22(25-19)26-12-2-3-16(14-26)21(27)24-11-10-15-4-6-17(23)7-5-15/h4-9,13,16H,2-3,10-12,14H2,1H3,(H,24,27)/t16-/m1/s1. The first-order valence-electron chi connectivity index (χ1n) is 9.84. The third-order valence-electron chi connectivity index (χ3n) is 5.27. The molecular weight excluding hydrogens is 406 g/mol. The summed E-state index contributed by atoms with van der Waals surface area (Å²) < 4.78 is 6.41. The average molecular weight is 430 g/mol. The number of carbonyl (C=O) groups is 1. The number of benzene rings is 2. The number of aromatic nitrogens is 1. The van der Waals surface area contributed by atoms with Crippen LogP contribution in [0.2, 0.25) is 5.02 Å². The lowest BCUT2D eigenvalue weighted by Gasteiger charge is -2.31. The van der Waals surface area contributed by atoms with Crippen molar-refractivity contribution in [1.82, 2.24) is 10.3 Å². The number of hydrogen-bond donors (Lipinski definition) is 1. The van der Waals surface area contributed by atoms with E-state index in [1.54, 1.807) is 18.4 Å². The number of methoxy groups -OCH3 is 1. The van der Waals surface area contributed by atoms with Crippen molar-refractivity contribution in [2.75, 3.05) is 31.6 Å². The molecule has 1 fully saturated rings. The van der Waals surface area contributed by atoms with Crippen molar-refractivity contribution < 1.29 is 9.53 Å². The van der Waals surface area contributed by atoms with Gasteiger partial charge in [0.05, 0.1) is 23.2 Å². The summed E-state index contributed by atoms with van der Waals surface area (Å²) in [6, 6.07) is 13.7. The van der Waals surface area contributed by atoms with E-state index in [9.17, 15) is 4.79 Å². The monoisotopic (exact) mass is 429 g/mol. The van der Waals surface area contributed by atoms with Crippen molar-refractivity contribution in [3.8, 4) is 5.75 Å². The zero-order chi connectivity index (χ0) is 20.2. The van der Waals surface area contributed by atoms with Crippen molar-refractivity contribution in [2.24, 2.45) is 5.92 Å². The number of ether oxygens (including phenoxy) is 1. The number of fused-ring (bicyclic) bond motifs is 1. The molecule has 4 rings (SSSR count). The Hall–Kier alpha value is -2.31. The van der Waals surface area contributed by atoms with Gasteiger partial charge < -0.3 is 15.0 Å². The number of carbonyl (C=O) groups excluding carboxylic acids is 1. The van der Waals surface area contributed by atoms with Crippen molar-refractivity contribution >= 4 is 44.2 Å². The first kappa shape index (κ1) is 20.0. The van der Waals surface area contributed by atoms with E-state index in [4.69, 9.17) is 21.3 Å². The molecule has 0 unspecified atom stereocenters. The molecular formula is C22H24ClN3O2S. The summed E-state index contributed by atoms with van der Waals surface area (Å²) in [5.41, 5.74) is 2.14. The second kappa shape index (κ2) is 9.01. The molecule has 1 saturated heterocycles. The second-order valence-corrected chi connectivity index (χ2v) is 8.73. The molecule has 2 heterocycles. The van der Waals surface area contributed by atoms with E-state index in [0.29, 0.717) is 13.1 Å². The molecule has 0 bridgehead atoms. The third kappa shape index (κ3) is 4.82. The summed E-state index contributed by atoms with van der Waals surface area (Å²) in [7, 11) is 1.67. The number of hydrogen-bond acceptors (Lipinski definition) is 5. The van der Waals surface area contributed by atoms with E-state index >= 15 is 0 Å². The third-order valence-corrected chi connectivity index (χ3v) is 6.60. The van der Waals surface area contributed by atoms with Gasteiger partial charge in [0.1, 0.15) is 5.75 Å². The Morgan fingerprint density at radius 3 is 2.93 bits per heavy atom. The van der Waals surface area contributed by atoms with Crippen LogP contribution >= 0.6 is 22.9 Å². The minimum Gasteiger partial charge on any atom is -0.497 e. The number of amides is 1. The van der Waals surface area contributed by atoms with Crippen molar-refractivity contribution in [3.63, 3.8) is 0 Å². The zero-order valence-corrected chi connectivity index (χ0v) is 17.9. The number of nitrogens with zero attached hydrogens (tertiary/aromatic N) is 2. The summed E-state index contributed by atoms with van der Waals surface area (Å²) in [6.45, 7) is 2.28. The normalized spacial score (nSPS) is 16.8. The Labute approximate surface area is 179 Å². The Morgan fingerprint density at radius 2 is 2.14 bits per heavy atom. The zero-order valence-electron chi connectivity index (χ0n) is 16.4. The van der Waals surface area contributed by atoms with E-state index in [1.165, 1.54) is 5.56 Å². The van der Waals surface area contributed by atoms with Crippen LogP contribution in [0.25, 0.3) is 10.2 Å². The fourth-order valence-electron chi connectivity index (χ4n) is 3.65. The van der Waals surface area contributed by atoms with Gasteiger partial charge in [0.25, 0.3) is 0 Å². The Morgan fingerprint density at radius 1 is 1.31 bits per heavy atom. The summed E-state index contributed by atoms with van der Waals surface area (Å²) in [5, 5.41) is 4.81. The van der Waals surface area contributed by atoms with Gasteiger partial charge in [0.2, 0.25) is 5.91 Å². The topological polar surface area (TPSA) is 54.5 Å². The van der Waals surface area contributed by atoms with Gasteiger partial charge in [-0.15, -0.1) is 0 Å². The van der Waals surface area contributed by atoms with E-state index < -0.39 is 0 Å². The summed E-state index contributed by atoms with van der Waals surface area (Å²) in [5.74, 6) is 0.964. The lowest BCUT2D eigenvalue weighted by molar-refractivity contribution is -0.125. The minimum atomic E-state index is -0.00415. The van der Waals surface area contributed by atoms with Crippen LogP contribution in [-0.2, 0) is 11.2 Å². The molecule has 0 saturated carbocycles.